The summed E-state index contributed by atoms with van der Waals surface area (Å²) >= 11 is 0. The van der Waals surface area contributed by atoms with Crippen molar-refractivity contribution in [1.29, 1.82) is 0 Å². The smallest absolute Gasteiger partial charge is 0.165 e. The maximum atomic E-state index is 13.4. The van der Waals surface area contributed by atoms with Crippen LogP contribution in [-0.4, -0.2) is 38.2 Å². The van der Waals surface area contributed by atoms with Gasteiger partial charge in [-0.3, -0.25) is 4.90 Å². The molecule has 2 saturated heterocycles. The first-order valence-electron chi connectivity index (χ1n) is 7.46. The normalized spacial score (nSPS) is 27.1. The van der Waals surface area contributed by atoms with E-state index < -0.39 is 0 Å². The molecule has 0 bridgehead atoms. The van der Waals surface area contributed by atoms with Gasteiger partial charge >= 0.3 is 0 Å². The molecule has 2 fully saturated rings. The third-order valence-electron chi connectivity index (χ3n) is 4.70. The lowest BCUT2D eigenvalue weighted by molar-refractivity contribution is 0.199. The number of hydrogen-bond donors (Lipinski definition) is 1. The first kappa shape index (κ1) is 13.8. The second-order valence-electron chi connectivity index (χ2n) is 6.21. The molecule has 0 aliphatic carbocycles. The topological polar surface area (TPSA) is 24.5 Å². The van der Waals surface area contributed by atoms with Crippen LogP contribution in [0, 0.1) is 11.2 Å². The van der Waals surface area contributed by atoms with Crippen LogP contribution in [0.1, 0.15) is 24.8 Å². The number of likely N-dealkylation sites (tertiary alicyclic amines) is 1. The summed E-state index contributed by atoms with van der Waals surface area (Å²) in [6.07, 6.45) is 3.90. The first-order valence-corrected chi connectivity index (χ1v) is 7.46. The highest BCUT2D eigenvalue weighted by molar-refractivity contribution is 5.30. The van der Waals surface area contributed by atoms with E-state index in [2.05, 4.69) is 10.2 Å². The van der Waals surface area contributed by atoms with Gasteiger partial charge in [-0.1, -0.05) is 6.07 Å². The van der Waals surface area contributed by atoms with Crippen LogP contribution < -0.4 is 10.1 Å². The molecule has 2 aliphatic rings. The molecule has 1 atom stereocenters. The maximum Gasteiger partial charge on any atom is 0.165 e. The average molecular weight is 278 g/mol. The van der Waals surface area contributed by atoms with Crippen molar-refractivity contribution in [1.82, 2.24) is 10.2 Å². The number of benzene rings is 1. The molecule has 2 heterocycles. The van der Waals surface area contributed by atoms with Crippen molar-refractivity contribution in [3.63, 3.8) is 0 Å². The van der Waals surface area contributed by atoms with Crippen molar-refractivity contribution in [2.24, 2.45) is 5.41 Å². The van der Waals surface area contributed by atoms with E-state index in [-0.39, 0.29) is 5.82 Å². The summed E-state index contributed by atoms with van der Waals surface area (Å²) in [5, 5.41) is 3.53. The van der Waals surface area contributed by atoms with E-state index in [0.717, 1.165) is 38.3 Å². The lowest BCUT2D eigenvalue weighted by Gasteiger charge is -2.34. The van der Waals surface area contributed by atoms with Crippen LogP contribution in [-0.2, 0) is 6.54 Å². The fourth-order valence-electron chi connectivity index (χ4n) is 3.60. The Kier molecular flexibility index (Phi) is 3.94. The molecule has 20 heavy (non-hydrogen) atoms. The van der Waals surface area contributed by atoms with Gasteiger partial charge in [-0.25, -0.2) is 4.39 Å². The number of nitrogens with one attached hydrogen (secondary N) is 1. The Morgan fingerprint density at radius 2 is 2.30 bits per heavy atom. The standard InChI is InChI=1S/C16H23FN2O/c1-20-15-9-13(3-4-14(15)17)10-19-8-6-16(12-19)5-2-7-18-11-16/h3-4,9,18H,2,5-8,10-12H2,1H3/t16-/m0/s1. The van der Waals surface area contributed by atoms with Crippen molar-refractivity contribution in [3.05, 3.63) is 29.6 Å². The fourth-order valence-corrected chi connectivity index (χ4v) is 3.60. The molecule has 3 nitrogen and oxygen atoms in total. The Morgan fingerprint density at radius 3 is 3.05 bits per heavy atom. The second kappa shape index (κ2) is 5.70. The largest absolute Gasteiger partial charge is 0.494 e. The van der Waals surface area contributed by atoms with E-state index in [9.17, 15) is 4.39 Å². The first-order chi connectivity index (χ1) is 9.71. The third kappa shape index (κ3) is 2.81. The molecule has 3 rings (SSSR count). The Bertz CT molecular complexity index is 472. The van der Waals surface area contributed by atoms with Crippen LogP contribution >= 0.6 is 0 Å². The Balaban J connectivity index is 1.64. The van der Waals surface area contributed by atoms with E-state index in [4.69, 9.17) is 4.74 Å². The molecule has 4 heteroatoms. The highest BCUT2D eigenvalue weighted by Crippen LogP contribution is 2.37. The number of piperidine rings is 1. The Morgan fingerprint density at radius 1 is 1.40 bits per heavy atom. The van der Waals surface area contributed by atoms with Crippen molar-refractivity contribution in [3.8, 4) is 5.75 Å². The van der Waals surface area contributed by atoms with E-state index in [0.29, 0.717) is 11.2 Å². The van der Waals surface area contributed by atoms with Crippen molar-refractivity contribution in [2.45, 2.75) is 25.8 Å². The monoisotopic (exact) mass is 278 g/mol. The third-order valence-corrected chi connectivity index (χ3v) is 4.70. The number of rotatable bonds is 3. The van der Waals surface area contributed by atoms with Crippen LogP contribution in [0.2, 0.25) is 0 Å². The summed E-state index contributed by atoms with van der Waals surface area (Å²) in [5.41, 5.74) is 1.60. The second-order valence-corrected chi connectivity index (χ2v) is 6.21. The molecule has 1 spiro atoms. The van der Waals surface area contributed by atoms with Crippen molar-refractivity contribution in [2.75, 3.05) is 33.3 Å². The van der Waals surface area contributed by atoms with Crippen LogP contribution in [0.25, 0.3) is 0 Å². The molecule has 0 unspecified atom stereocenters. The van der Waals surface area contributed by atoms with Crippen LogP contribution in [0.15, 0.2) is 18.2 Å². The minimum atomic E-state index is -0.286. The van der Waals surface area contributed by atoms with Crippen LogP contribution in [0.4, 0.5) is 4.39 Å². The quantitative estimate of drug-likeness (QED) is 0.919. The summed E-state index contributed by atoms with van der Waals surface area (Å²) in [6, 6.07) is 5.18. The Labute approximate surface area is 120 Å². The van der Waals surface area contributed by atoms with E-state index in [1.807, 2.05) is 12.1 Å². The van der Waals surface area contributed by atoms with Gasteiger partial charge in [-0.05, 0) is 55.5 Å². The van der Waals surface area contributed by atoms with E-state index in [1.165, 1.54) is 32.4 Å². The minimum absolute atomic E-state index is 0.286. The summed E-state index contributed by atoms with van der Waals surface area (Å²) < 4.78 is 18.5. The number of nitrogens with zero attached hydrogens (tertiary/aromatic N) is 1. The molecule has 0 saturated carbocycles. The van der Waals surface area contributed by atoms with E-state index >= 15 is 0 Å². The van der Waals surface area contributed by atoms with Gasteiger partial charge in [0, 0.05) is 19.6 Å². The number of ether oxygens (including phenoxy) is 1. The van der Waals surface area contributed by atoms with Gasteiger partial charge < -0.3 is 10.1 Å². The van der Waals surface area contributed by atoms with Crippen molar-refractivity contribution >= 4 is 0 Å². The summed E-state index contributed by atoms with van der Waals surface area (Å²) in [6.45, 7) is 5.49. The summed E-state index contributed by atoms with van der Waals surface area (Å²) in [4.78, 5) is 2.49. The summed E-state index contributed by atoms with van der Waals surface area (Å²) in [5.74, 6) is 0.0568. The minimum Gasteiger partial charge on any atom is -0.494 e. The number of halogens is 1. The predicted molar refractivity (Wildman–Crippen MR) is 77.4 cm³/mol. The molecule has 0 aromatic heterocycles. The van der Waals surface area contributed by atoms with Gasteiger partial charge in [0.2, 0.25) is 0 Å². The molecule has 110 valence electrons. The highest BCUT2D eigenvalue weighted by Gasteiger charge is 2.38. The van der Waals surface area contributed by atoms with Gasteiger partial charge in [0.25, 0.3) is 0 Å². The Hall–Kier alpha value is -1.13. The number of methoxy groups -OCH3 is 1. The molecular formula is C16H23FN2O. The molecule has 1 aromatic rings. The van der Waals surface area contributed by atoms with Gasteiger partial charge in [0.05, 0.1) is 7.11 Å². The molecule has 1 aromatic carbocycles. The van der Waals surface area contributed by atoms with Crippen molar-refractivity contribution < 1.29 is 9.13 Å². The van der Waals surface area contributed by atoms with Crippen LogP contribution in [0.3, 0.4) is 0 Å². The van der Waals surface area contributed by atoms with Gasteiger partial charge in [0.15, 0.2) is 11.6 Å². The maximum absolute atomic E-state index is 13.4. The molecule has 0 radical (unpaired) electrons. The lowest BCUT2D eigenvalue weighted by atomic mass is 9.80. The summed E-state index contributed by atoms with van der Waals surface area (Å²) in [7, 11) is 1.51. The zero-order valence-electron chi connectivity index (χ0n) is 12.1. The molecule has 0 amide bonds. The number of hydrogen-bond acceptors (Lipinski definition) is 3. The average Bonchev–Trinajstić information content (AvgIpc) is 2.84. The molecule has 1 N–H and O–H groups in total. The zero-order chi connectivity index (χ0) is 14.0. The molecular weight excluding hydrogens is 255 g/mol. The SMILES string of the molecule is COc1cc(CN2CC[C@]3(CCCNC3)C2)ccc1F. The zero-order valence-corrected chi connectivity index (χ0v) is 12.1. The van der Waals surface area contributed by atoms with Gasteiger partial charge in [-0.2, -0.15) is 0 Å². The molecule has 2 aliphatic heterocycles. The van der Waals surface area contributed by atoms with E-state index in [1.54, 1.807) is 0 Å². The highest BCUT2D eigenvalue weighted by atomic mass is 19.1. The fraction of sp³-hybridized carbons (Fsp3) is 0.625. The lowest BCUT2D eigenvalue weighted by Crippen LogP contribution is -2.41. The van der Waals surface area contributed by atoms with Crippen LogP contribution in [0.5, 0.6) is 5.75 Å². The predicted octanol–water partition coefficient (Wildman–Crippen LogP) is 2.41. The van der Waals surface area contributed by atoms with Gasteiger partial charge in [0.1, 0.15) is 0 Å². The van der Waals surface area contributed by atoms with Gasteiger partial charge in [-0.15, -0.1) is 0 Å².